The molecule has 0 aliphatic rings. The van der Waals surface area contributed by atoms with Crippen LogP contribution in [0.4, 0.5) is 0 Å². The van der Waals surface area contributed by atoms with E-state index in [1.54, 1.807) is 0 Å². The lowest BCUT2D eigenvalue weighted by molar-refractivity contribution is 0.0981. The third-order valence-corrected chi connectivity index (χ3v) is 5.14. The van der Waals surface area contributed by atoms with Crippen LogP contribution in [0.15, 0.2) is 53.4 Å². The lowest BCUT2D eigenvalue weighted by Crippen LogP contribution is -2.07. The van der Waals surface area contributed by atoms with E-state index in [1.807, 2.05) is 23.9 Å². The molecular weight excluding hydrogens is 352 g/mol. The Morgan fingerprint density at radius 2 is 1.70 bits per heavy atom. The predicted octanol–water partition coefficient (Wildman–Crippen LogP) is 7.08. The van der Waals surface area contributed by atoms with Gasteiger partial charge in [-0.15, -0.1) is 11.8 Å². The van der Waals surface area contributed by atoms with Crippen molar-refractivity contribution < 1.29 is 9.47 Å². The molecule has 3 heteroatoms. The molecule has 2 aromatic carbocycles. The van der Waals surface area contributed by atoms with Crippen LogP contribution < -0.4 is 4.74 Å². The minimum atomic E-state index is 0.572. The maximum absolute atomic E-state index is 5.76. The van der Waals surface area contributed by atoms with Crippen molar-refractivity contribution in [3.63, 3.8) is 0 Å². The Balaban J connectivity index is 2.00. The molecular formula is C24H32O2S. The van der Waals surface area contributed by atoms with E-state index in [1.165, 1.54) is 21.6 Å². The highest BCUT2D eigenvalue weighted by atomic mass is 32.2. The van der Waals surface area contributed by atoms with Gasteiger partial charge < -0.3 is 9.47 Å². The molecule has 0 saturated carbocycles. The zero-order valence-electron chi connectivity index (χ0n) is 17.0. The van der Waals surface area contributed by atoms with Crippen molar-refractivity contribution in [1.82, 2.24) is 0 Å². The van der Waals surface area contributed by atoms with Gasteiger partial charge >= 0.3 is 0 Å². The van der Waals surface area contributed by atoms with E-state index >= 15 is 0 Å². The Labute approximate surface area is 169 Å². The first-order valence-corrected chi connectivity index (χ1v) is 10.8. The van der Waals surface area contributed by atoms with Gasteiger partial charge in [0.05, 0.1) is 6.61 Å². The number of ether oxygens (including phenoxy) is 2. The van der Waals surface area contributed by atoms with Crippen molar-refractivity contribution in [2.75, 3.05) is 19.8 Å². The van der Waals surface area contributed by atoms with Crippen molar-refractivity contribution in [2.24, 2.45) is 0 Å². The maximum Gasteiger partial charge on any atom is 0.119 e. The number of thioether (sulfide) groups is 1. The third-order valence-electron chi connectivity index (χ3n) is 4.04. The van der Waals surface area contributed by atoms with Crippen LogP contribution >= 0.6 is 11.8 Å². The molecule has 0 amide bonds. The summed E-state index contributed by atoms with van der Waals surface area (Å²) in [6.45, 7) is 10.7. The summed E-state index contributed by atoms with van der Waals surface area (Å²) >= 11 is 1.90. The third kappa shape index (κ3) is 7.43. The van der Waals surface area contributed by atoms with E-state index in [2.05, 4.69) is 70.2 Å². The molecule has 0 unspecified atom stereocenters. The van der Waals surface area contributed by atoms with E-state index in [4.69, 9.17) is 9.47 Å². The normalized spacial score (nSPS) is 11.4. The number of benzene rings is 2. The lowest BCUT2D eigenvalue weighted by atomic mass is 10.0. The summed E-state index contributed by atoms with van der Waals surface area (Å²) in [7, 11) is 0. The SMILES string of the molecule is C/C=C/c1cc(-c2ccc(OCCOCCCC)cc2)ccc1SC(C)C. The summed E-state index contributed by atoms with van der Waals surface area (Å²) < 4.78 is 11.3. The van der Waals surface area contributed by atoms with Gasteiger partial charge in [0.2, 0.25) is 0 Å². The summed E-state index contributed by atoms with van der Waals surface area (Å²) in [5, 5.41) is 0.572. The minimum absolute atomic E-state index is 0.572. The van der Waals surface area contributed by atoms with Crippen LogP contribution in [0, 0.1) is 0 Å². The van der Waals surface area contributed by atoms with Gasteiger partial charge in [-0.2, -0.15) is 0 Å². The molecule has 0 saturated heterocycles. The van der Waals surface area contributed by atoms with Crippen LogP contribution in [-0.2, 0) is 4.74 Å². The molecule has 27 heavy (non-hydrogen) atoms. The smallest absolute Gasteiger partial charge is 0.119 e. The summed E-state index contributed by atoms with van der Waals surface area (Å²) in [5.74, 6) is 0.888. The van der Waals surface area contributed by atoms with Crippen LogP contribution in [0.1, 0.15) is 46.1 Å². The standard InChI is InChI=1S/C24H32O2S/c1-5-7-15-25-16-17-26-23-12-9-20(10-13-23)21-11-14-24(27-19(3)4)22(18-21)8-6-2/h6,8-14,18-19H,5,7,15-17H2,1-4H3/b8-6+. The summed E-state index contributed by atoms with van der Waals surface area (Å²) in [6, 6.07) is 15.0. The van der Waals surface area contributed by atoms with Crippen molar-refractivity contribution in [3.8, 4) is 16.9 Å². The van der Waals surface area contributed by atoms with E-state index < -0.39 is 0 Å². The van der Waals surface area contributed by atoms with E-state index in [0.29, 0.717) is 18.5 Å². The first-order valence-electron chi connectivity index (χ1n) is 9.88. The molecule has 0 aromatic heterocycles. The number of allylic oxidation sites excluding steroid dienone is 1. The molecule has 0 bridgehead atoms. The second-order valence-corrected chi connectivity index (χ2v) is 8.38. The monoisotopic (exact) mass is 384 g/mol. The molecule has 0 aliphatic heterocycles. The average Bonchev–Trinajstić information content (AvgIpc) is 2.66. The second-order valence-electron chi connectivity index (χ2n) is 6.76. The Bertz CT molecular complexity index is 705. The first-order chi connectivity index (χ1) is 13.1. The van der Waals surface area contributed by atoms with Gasteiger partial charge in [-0.05, 0) is 54.3 Å². The fraction of sp³-hybridized carbons (Fsp3) is 0.417. The Kier molecular flexibility index (Phi) is 9.51. The van der Waals surface area contributed by atoms with Crippen molar-refractivity contribution in [1.29, 1.82) is 0 Å². The largest absolute Gasteiger partial charge is 0.491 e. The Hall–Kier alpha value is -1.71. The molecule has 2 nitrogen and oxygen atoms in total. The van der Waals surface area contributed by atoms with Gasteiger partial charge in [0.25, 0.3) is 0 Å². The lowest BCUT2D eigenvalue weighted by Gasteiger charge is -2.12. The quantitative estimate of drug-likeness (QED) is 0.304. The zero-order valence-corrected chi connectivity index (χ0v) is 17.9. The highest BCUT2D eigenvalue weighted by Gasteiger charge is 2.06. The topological polar surface area (TPSA) is 18.5 Å². The number of unbranched alkanes of at least 4 members (excludes halogenated alkanes) is 1. The molecule has 0 fully saturated rings. The summed E-state index contributed by atoms with van der Waals surface area (Å²) in [5.41, 5.74) is 3.71. The summed E-state index contributed by atoms with van der Waals surface area (Å²) in [6.07, 6.45) is 6.56. The summed E-state index contributed by atoms with van der Waals surface area (Å²) in [4.78, 5) is 1.33. The Morgan fingerprint density at radius 1 is 0.963 bits per heavy atom. The van der Waals surface area contributed by atoms with Crippen LogP contribution in [0.25, 0.3) is 17.2 Å². The number of rotatable bonds is 11. The van der Waals surface area contributed by atoms with E-state index in [-0.39, 0.29) is 0 Å². The van der Waals surface area contributed by atoms with Gasteiger partial charge in [0.15, 0.2) is 0 Å². The zero-order chi connectivity index (χ0) is 19.5. The van der Waals surface area contributed by atoms with Crippen LogP contribution in [0.2, 0.25) is 0 Å². The molecule has 0 heterocycles. The van der Waals surface area contributed by atoms with Crippen molar-refractivity contribution in [3.05, 3.63) is 54.1 Å². The van der Waals surface area contributed by atoms with Gasteiger partial charge in [-0.1, -0.05) is 57.5 Å². The highest BCUT2D eigenvalue weighted by Crippen LogP contribution is 2.32. The molecule has 2 aromatic rings. The second kappa shape index (κ2) is 11.9. The fourth-order valence-electron chi connectivity index (χ4n) is 2.71. The van der Waals surface area contributed by atoms with Crippen LogP contribution in [0.5, 0.6) is 5.75 Å². The molecule has 0 radical (unpaired) electrons. The van der Waals surface area contributed by atoms with Gasteiger partial charge in [0, 0.05) is 16.8 Å². The number of hydrogen-bond donors (Lipinski definition) is 0. The van der Waals surface area contributed by atoms with Crippen LogP contribution in [0.3, 0.4) is 0 Å². The molecule has 2 rings (SSSR count). The van der Waals surface area contributed by atoms with Gasteiger partial charge in [-0.3, -0.25) is 0 Å². The average molecular weight is 385 g/mol. The maximum atomic E-state index is 5.76. The van der Waals surface area contributed by atoms with Crippen LogP contribution in [-0.4, -0.2) is 25.1 Å². The fourth-order valence-corrected chi connectivity index (χ4v) is 3.63. The molecule has 0 spiro atoms. The minimum Gasteiger partial charge on any atom is -0.491 e. The first kappa shape index (κ1) is 21.6. The highest BCUT2D eigenvalue weighted by molar-refractivity contribution is 8.00. The van der Waals surface area contributed by atoms with Gasteiger partial charge in [0.1, 0.15) is 12.4 Å². The Morgan fingerprint density at radius 3 is 2.37 bits per heavy atom. The number of hydrogen-bond acceptors (Lipinski definition) is 3. The van der Waals surface area contributed by atoms with Crippen molar-refractivity contribution >= 4 is 17.8 Å². The molecule has 0 atom stereocenters. The molecule has 0 N–H and O–H groups in total. The molecule has 0 aliphatic carbocycles. The van der Waals surface area contributed by atoms with E-state index in [9.17, 15) is 0 Å². The van der Waals surface area contributed by atoms with Crippen molar-refractivity contribution in [2.45, 2.75) is 50.7 Å². The molecule has 146 valence electrons. The predicted molar refractivity (Wildman–Crippen MR) is 119 cm³/mol. The van der Waals surface area contributed by atoms with E-state index in [0.717, 1.165) is 25.2 Å². The van der Waals surface area contributed by atoms with Gasteiger partial charge in [-0.25, -0.2) is 0 Å².